The first kappa shape index (κ1) is 20.2. The summed E-state index contributed by atoms with van der Waals surface area (Å²) in [6.07, 6.45) is 7.49. The Hall–Kier alpha value is -1.10. The summed E-state index contributed by atoms with van der Waals surface area (Å²) in [6, 6.07) is 0. The lowest BCUT2D eigenvalue weighted by molar-refractivity contribution is -0.187. The zero-order valence-corrected chi connectivity index (χ0v) is 17.8. The van der Waals surface area contributed by atoms with Gasteiger partial charge in [-0.2, -0.15) is 0 Å². The Morgan fingerprint density at radius 2 is 1.46 bits per heavy atom. The van der Waals surface area contributed by atoms with Crippen molar-refractivity contribution >= 4 is 11.9 Å². The fourth-order valence-electron chi connectivity index (χ4n) is 7.95. The van der Waals surface area contributed by atoms with Crippen molar-refractivity contribution in [1.82, 2.24) is 0 Å². The van der Waals surface area contributed by atoms with Crippen LogP contribution in [0, 0.1) is 34.5 Å². The summed E-state index contributed by atoms with van der Waals surface area (Å²) < 4.78 is 11.2. The number of carbonyl (C=O) groups excluding carboxylic acids is 2. The molecule has 0 radical (unpaired) electrons. The summed E-state index contributed by atoms with van der Waals surface area (Å²) in [6.45, 7) is 7.68. The quantitative estimate of drug-likeness (QED) is 0.723. The summed E-state index contributed by atoms with van der Waals surface area (Å²) in [4.78, 5) is 23.0. The lowest BCUT2D eigenvalue weighted by Crippen LogP contribution is -2.58. The minimum Gasteiger partial charge on any atom is -0.463 e. The second kappa shape index (κ2) is 7.00. The van der Waals surface area contributed by atoms with E-state index in [4.69, 9.17) is 9.47 Å². The van der Waals surface area contributed by atoms with Crippen LogP contribution in [0.4, 0.5) is 0 Å². The van der Waals surface area contributed by atoms with Crippen molar-refractivity contribution in [3.8, 4) is 0 Å². The van der Waals surface area contributed by atoms with Crippen LogP contribution in [0.15, 0.2) is 0 Å². The number of hydrogen-bond acceptors (Lipinski definition) is 5. The molecule has 158 valence electrons. The maximum absolute atomic E-state index is 11.6. The Morgan fingerprint density at radius 3 is 2.14 bits per heavy atom. The van der Waals surface area contributed by atoms with Gasteiger partial charge in [0, 0.05) is 19.3 Å². The minimum atomic E-state index is -0.334. The van der Waals surface area contributed by atoms with E-state index >= 15 is 0 Å². The Balaban J connectivity index is 1.55. The molecule has 0 saturated heterocycles. The highest BCUT2D eigenvalue weighted by Crippen LogP contribution is 2.66. The molecule has 9 atom stereocenters. The molecule has 4 fully saturated rings. The van der Waals surface area contributed by atoms with Gasteiger partial charge in [-0.05, 0) is 80.5 Å². The van der Waals surface area contributed by atoms with E-state index in [1.54, 1.807) is 0 Å². The van der Waals surface area contributed by atoms with Crippen molar-refractivity contribution in [1.29, 1.82) is 0 Å². The van der Waals surface area contributed by atoms with Crippen LogP contribution in [0.25, 0.3) is 0 Å². The summed E-state index contributed by atoms with van der Waals surface area (Å²) in [7, 11) is 0. The molecule has 4 saturated carbocycles. The van der Waals surface area contributed by atoms with Crippen LogP contribution in [0.5, 0.6) is 0 Å². The predicted octanol–water partition coefficient (Wildman–Crippen LogP) is 3.86. The highest BCUT2D eigenvalue weighted by Gasteiger charge is 2.62. The van der Waals surface area contributed by atoms with Crippen LogP contribution >= 0.6 is 0 Å². The zero-order valence-electron chi connectivity index (χ0n) is 17.8. The summed E-state index contributed by atoms with van der Waals surface area (Å²) in [5.74, 6) is 1.45. The number of rotatable bonds is 2. The first-order valence-corrected chi connectivity index (χ1v) is 11.2. The van der Waals surface area contributed by atoms with Crippen LogP contribution in [-0.4, -0.2) is 35.4 Å². The van der Waals surface area contributed by atoms with E-state index in [-0.39, 0.29) is 47.0 Å². The first-order valence-electron chi connectivity index (χ1n) is 11.2. The van der Waals surface area contributed by atoms with Gasteiger partial charge in [-0.1, -0.05) is 13.8 Å². The van der Waals surface area contributed by atoms with E-state index in [1.165, 1.54) is 13.8 Å². The third kappa shape index (κ3) is 3.09. The van der Waals surface area contributed by atoms with Crippen LogP contribution in [0.2, 0.25) is 0 Å². The second-order valence-corrected chi connectivity index (χ2v) is 10.5. The second-order valence-electron chi connectivity index (χ2n) is 10.5. The number of fused-ring (bicyclic) bond motifs is 5. The first-order chi connectivity index (χ1) is 13.1. The van der Waals surface area contributed by atoms with Gasteiger partial charge in [0.25, 0.3) is 0 Å². The van der Waals surface area contributed by atoms with E-state index in [9.17, 15) is 14.7 Å². The van der Waals surface area contributed by atoms with Crippen LogP contribution in [0.3, 0.4) is 0 Å². The summed E-state index contributed by atoms with van der Waals surface area (Å²) in [5.41, 5.74) is 0.157. The lowest BCUT2D eigenvalue weighted by atomic mass is 9.44. The van der Waals surface area contributed by atoms with Gasteiger partial charge in [-0.15, -0.1) is 0 Å². The molecule has 5 heteroatoms. The van der Waals surface area contributed by atoms with Gasteiger partial charge < -0.3 is 14.6 Å². The maximum atomic E-state index is 11.6. The smallest absolute Gasteiger partial charge is 0.302 e. The minimum absolute atomic E-state index is 0.0262. The number of hydrogen-bond donors (Lipinski definition) is 1. The van der Waals surface area contributed by atoms with Gasteiger partial charge in [-0.25, -0.2) is 0 Å². The van der Waals surface area contributed by atoms with E-state index in [0.717, 1.165) is 51.4 Å². The van der Waals surface area contributed by atoms with Crippen molar-refractivity contribution in [2.75, 3.05) is 0 Å². The van der Waals surface area contributed by atoms with Gasteiger partial charge in [0.15, 0.2) is 0 Å². The molecule has 0 aromatic rings. The molecule has 28 heavy (non-hydrogen) atoms. The molecule has 0 heterocycles. The van der Waals surface area contributed by atoms with Crippen LogP contribution < -0.4 is 0 Å². The fraction of sp³-hybridized carbons (Fsp3) is 0.913. The van der Waals surface area contributed by atoms with Gasteiger partial charge in [-0.3, -0.25) is 9.59 Å². The normalized spacial score (nSPS) is 50.1. The molecule has 0 aromatic heterocycles. The Morgan fingerprint density at radius 1 is 0.821 bits per heavy atom. The molecule has 0 aliphatic heterocycles. The molecular formula is C23H36O5. The topological polar surface area (TPSA) is 72.8 Å². The molecular weight excluding hydrogens is 356 g/mol. The number of aliphatic hydroxyl groups excluding tert-OH is 1. The largest absolute Gasteiger partial charge is 0.463 e. The van der Waals surface area contributed by atoms with Crippen LogP contribution in [-0.2, 0) is 19.1 Å². The highest BCUT2D eigenvalue weighted by molar-refractivity contribution is 5.66. The lowest BCUT2D eigenvalue weighted by Gasteiger charge is -2.62. The number of aliphatic hydroxyl groups is 1. The molecule has 0 aromatic carbocycles. The highest BCUT2D eigenvalue weighted by atomic mass is 16.5. The van der Waals surface area contributed by atoms with E-state index < -0.39 is 0 Å². The predicted molar refractivity (Wildman–Crippen MR) is 104 cm³/mol. The van der Waals surface area contributed by atoms with Crippen molar-refractivity contribution in [2.45, 2.75) is 97.4 Å². The SMILES string of the molecule is CC(=O)O[C@H]1CC[C@@]2(C)C(C1)[C@H](O)C[C@H]1[C@@H]3CC[C@@H](OC(C)=O)[C@@]3(C)CC[C@@H]12. The van der Waals surface area contributed by atoms with E-state index in [1.807, 2.05) is 0 Å². The maximum Gasteiger partial charge on any atom is 0.302 e. The number of carbonyl (C=O) groups is 2. The molecule has 5 nitrogen and oxygen atoms in total. The van der Waals surface area contributed by atoms with Gasteiger partial charge in [0.2, 0.25) is 0 Å². The van der Waals surface area contributed by atoms with Gasteiger partial charge >= 0.3 is 11.9 Å². The zero-order chi connectivity index (χ0) is 20.3. The van der Waals surface area contributed by atoms with Gasteiger partial charge in [0.05, 0.1) is 6.10 Å². The molecule has 0 spiro atoms. The van der Waals surface area contributed by atoms with E-state index in [0.29, 0.717) is 17.8 Å². The molecule has 4 aliphatic rings. The fourth-order valence-corrected chi connectivity index (χ4v) is 7.95. The third-order valence-corrected chi connectivity index (χ3v) is 9.19. The average Bonchev–Trinajstić information content (AvgIpc) is 2.92. The molecule has 0 amide bonds. The molecule has 4 rings (SSSR count). The van der Waals surface area contributed by atoms with E-state index in [2.05, 4.69) is 13.8 Å². The van der Waals surface area contributed by atoms with Crippen molar-refractivity contribution in [2.24, 2.45) is 34.5 Å². The number of esters is 2. The Kier molecular flexibility index (Phi) is 5.05. The Bertz CT molecular complexity index is 647. The molecule has 4 aliphatic carbocycles. The molecule has 0 bridgehead atoms. The molecule has 1 N–H and O–H groups in total. The van der Waals surface area contributed by atoms with Crippen molar-refractivity contribution < 1.29 is 24.2 Å². The summed E-state index contributed by atoms with van der Waals surface area (Å²) >= 11 is 0. The third-order valence-electron chi connectivity index (χ3n) is 9.19. The monoisotopic (exact) mass is 392 g/mol. The van der Waals surface area contributed by atoms with Crippen molar-refractivity contribution in [3.05, 3.63) is 0 Å². The van der Waals surface area contributed by atoms with Crippen molar-refractivity contribution in [3.63, 3.8) is 0 Å². The Labute approximate surface area is 168 Å². The molecule has 1 unspecified atom stereocenters. The van der Waals surface area contributed by atoms with Gasteiger partial charge in [0.1, 0.15) is 12.2 Å². The van der Waals surface area contributed by atoms with Crippen LogP contribution in [0.1, 0.15) is 79.1 Å². The summed E-state index contributed by atoms with van der Waals surface area (Å²) in [5, 5.41) is 11.1. The average molecular weight is 393 g/mol. The standard InChI is InChI=1S/C23H36O5/c1-13(24)27-15-7-9-22(3)18-8-10-23(4)17(5-6-21(23)28-14(2)25)16(18)12-20(26)19(22)11-15/h15-21,26H,5-12H2,1-4H3/t15-,16-,17-,18-,19?,20+,21+,22+,23-/m0/s1. The number of ether oxygens (including phenoxy) is 2.